The average molecular weight is 218 g/mol. The van der Waals surface area contributed by atoms with E-state index in [0.717, 1.165) is 0 Å². The van der Waals surface area contributed by atoms with Crippen LogP contribution < -0.4 is 11.1 Å². The lowest BCUT2D eigenvalue weighted by molar-refractivity contribution is -0.109. The normalized spacial score (nSPS) is 3.58. The van der Waals surface area contributed by atoms with Gasteiger partial charge in [0.05, 0.1) is 0 Å². The van der Waals surface area contributed by atoms with Crippen LogP contribution in [0.1, 0.15) is 0 Å². The van der Waals surface area contributed by atoms with Crippen molar-refractivity contribution < 1.29 is 18.0 Å². The molecule has 0 aliphatic rings. The Morgan fingerprint density at radius 1 is 1.33 bits per heavy atom. The highest BCUT2D eigenvalue weighted by atomic mass is 32.1. The molecule has 0 unspecified atom stereocenters. The Hall–Kier alpha value is -0.730. The monoisotopic (exact) mass is 218 g/mol. The van der Waals surface area contributed by atoms with Gasteiger partial charge in [-0.1, -0.05) is 0 Å². The van der Waals surface area contributed by atoms with Crippen molar-refractivity contribution in [3.8, 4) is 0 Å². The number of carbonyl (C=O) groups is 2. The lowest BCUT2D eigenvalue weighted by Gasteiger charge is -1.64. The van der Waals surface area contributed by atoms with Gasteiger partial charge in [0.1, 0.15) is 6.79 Å². The van der Waals surface area contributed by atoms with Crippen molar-refractivity contribution in [2.24, 2.45) is 5.73 Å². The van der Waals surface area contributed by atoms with Crippen molar-refractivity contribution in [1.82, 2.24) is 5.32 Å². The van der Waals surface area contributed by atoms with Crippen LogP contribution in [-0.4, -0.2) is 35.7 Å². The molecule has 0 atom stereocenters. The van der Waals surface area contributed by atoms with Crippen molar-refractivity contribution in [2.75, 3.05) is 14.1 Å². The molecule has 0 fully saturated rings. The van der Waals surface area contributed by atoms with E-state index in [4.69, 9.17) is 18.0 Å². The highest BCUT2D eigenvalue weighted by Crippen LogP contribution is 1.09. The topological polar surface area (TPSA) is 106 Å². The molecule has 76 valence electrons. The zero-order chi connectivity index (χ0) is 10.1. The molecule has 0 aliphatic carbocycles. The van der Waals surface area contributed by atoms with Gasteiger partial charge in [0, 0.05) is 7.05 Å². The van der Waals surface area contributed by atoms with E-state index < -0.39 is 11.6 Å². The number of nitrogens with one attached hydrogen (secondary N) is 1. The predicted molar refractivity (Wildman–Crippen MR) is 51.7 cm³/mol. The zero-order valence-corrected chi connectivity index (χ0v) is 8.72. The van der Waals surface area contributed by atoms with E-state index in [-0.39, 0.29) is 13.5 Å². The van der Waals surface area contributed by atoms with Crippen molar-refractivity contribution in [3.05, 3.63) is 0 Å². The number of rotatable bonds is 1. The van der Waals surface area contributed by atoms with Crippen molar-refractivity contribution in [3.63, 3.8) is 0 Å². The van der Waals surface area contributed by atoms with E-state index in [9.17, 15) is 0 Å². The number of hydrogen-bond acceptors (Lipinski definition) is 5. The van der Waals surface area contributed by atoms with E-state index >= 15 is 0 Å². The minimum absolute atomic E-state index is 0. The van der Waals surface area contributed by atoms with E-state index in [1.165, 1.54) is 7.05 Å². The molecule has 0 heterocycles. The Balaban J connectivity index is -0.0000000186. The maximum absolute atomic E-state index is 9.06. The highest BCUT2D eigenvalue weighted by Gasteiger charge is 1.43. The Kier molecular flexibility index (Phi) is 432. The first kappa shape index (κ1) is 30.2. The van der Waals surface area contributed by atoms with Gasteiger partial charge in [-0.2, -0.15) is 21.9 Å². The molecule has 0 radical (unpaired) electrons. The number of hydrogen-bond donors (Lipinski definition) is 2. The van der Waals surface area contributed by atoms with Gasteiger partial charge >= 0.3 is 11.6 Å². The largest absolute Gasteiger partial charge is 0.362 e. The maximum Gasteiger partial charge on any atom is 0.335 e. The number of amides is 1. The lowest BCUT2D eigenvalue weighted by atomic mass is 11.2. The van der Waals surface area contributed by atoms with Crippen molar-refractivity contribution in [1.29, 1.82) is 0 Å². The smallest absolute Gasteiger partial charge is 0.335 e. The molecule has 0 bridgehead atoms. The third-order valence-corrected chi connectivity index (χ3v) is 0.118. The summed E-state index contributed by atoms with van der Waals surface area (Å²) in [4.78, 5) is 17.1. The van der Waals surface area contributed by atoms with Crippen LogP contribution in [0.5, 0.6) is 0 Å². The molecule has 0 aromatic heterocycles. The standard InChI is InChI=1S/C2H5NO.CH5N.CH2O.O2S.H2S/c1-3-2-4;2*1-2;1-3-2;/h2H,1H3,(H,3,4);2H2,1H3;1H2;;1H2. The first-order valence-electron chi connectivity index (χ1n) is 2.22. The molecule has 0 saturated carbocycles. The van der Waals surface area contributed by atoms with E-state index in [2.05, 4.69) is 11.1 Å². The maximum atomic E-state index is 9.06. The molecule has 0 aliphatic heterocycles. The van der Waals surface area contributed by atoms with Gasteiger partial charge < -0.3 is 15.8 Å². The first-order valence-corrected chi connectivity index (χ1v) is 2.89. The molecule has 0 saturated heterocycles. The summed E-state index contributed by atoms with van der Waals surface area (Å²) in [7, 11) is 3.06. The molecule has 1 amide bonds. The van der Waals surface area contributed by atoms with Crippen LogP contribution in [0, 0.1) is 0 Å². The van der Waals surface area contributed by atoms with E-state index in [0.29, 0.717) is 6.41 Å². The predicted octanol–water partition coefficient (Wildman–Crippen LogP) is -1.81. The molecule has 6 nitrogen and oxygen atoms in total. The Morgan fingerprint density at radius 3 is 1.42 bits per heavy atom. The van der Waals surface area contributed by atoms with Crippen LogP contribution in [0.4, 0.5) is 0 Å². The minimum Gasteiger partial charge on any atom is -0.362 e. The van der Waals surface area contributed by atoms with Gasteiger partial charge in [0.25, 0.3) is 0 Å². The lowest BCUT2D eigenvalue weighted by Crippen LogP contribution is -1.98. The van der Waals surface area contributed by atoms with Crippen LogP contribution in [0.2, 0.25) is 0 Å². The third-order valence-electron chi connectivity index (χ3n) is 0.118. The van der Waals surface area contributed by atoms with Gasteiger partial charge in [0.2, 0.25) is 6.41 Å². The van der Waals surface area contributed by atoms with Gasteiger partial charge in [0.15, 0.2) is 0 Å². The second kappa shape index (κ2) is 171. The third kappa shape index (κ3) is 8700. The molecular weight excluding hydrogens is 204 g/mol. The fraction of sp³-hybridized carbons (Fsp3) is 0.500. The van der Waals surface area contributed by atoms with Crippen molar-refractivity contribution >= 4 is 38.3 Å². The fourth-order valence-corrected chi connectivity index (χ4v) is 0. The Morgan fingerprint density at radius 2 is 1.42 bits per heavy atom. The first-order chi connectivity index (χ1) is 5.33. The van der Waals surface area contributed by atoms with Gasteiger partial charge in [-0.3, -0.25) is 4.79 Å². The highest BCUT2D eigenvalue weighted by molar-refractivity contribution is 7.59. The summed E-state index contributed by atoms with van der Waals surface area (Å²) in [6.07, 6.45) is 0.625. The van der Waals surface area contributed by atoms with Crippen molar-refractivity contribution in [2.45, 2.75) is 0 Å². The summed E-state index contributed by atoms with van der Waals surface area (Å²) in [5.41, 5.74) is 4.50. The second-order valence-electron chi connectivity index (χ2n) is 0.475. The summed E-state index contributed by atoms with van der Waals surface area (Å²) in [6, 6.07) is 0. The second-order valence-corrected chi connectivity index (χ2v) is 0.611. The zero-order valence-electron chi connectivity index (χ0n) is 6.90. The Labute approximate surface area is 81.9 Å². The molecular formula is C4H14N2O4S2. The fourth-order valence-electron chi connectivity index (χ4n) is 0. The Bertz CT molecular complexity index is 87.1. The van der Waals surface area contributed by atoms with Crippen LogP contribution >= 0.6 is 13.5 Å². The summed E-state index contributed by atoms with van der Waals surface area (Å²) in [5.74, 6) is 0. The van der Waals surface area contributed by atoms with E-state index in [1.807, 2.05) is 6.79 Å². The molecule has 0 aromatic carbocycles. The molecule has 0 rings (SSSR count). The molecule has 8 heteroatoms. The van der Waals surface area contributed by atoms with Crippen LogP contribution in [0.25, 0.3) is 0 Å². The number of carbonyl (C=O) groups excluding carboxylic acids is 2. The van der Waals surface area contributed by atoms with Gasteiger partial charge in [-0.05, 0) is 7.05 Å². The van der Waals surface area contributed by atoms with Gasteiger partial charge in [-0.25, -0.2) is 0 Å². The molecule has 0 spiro atoms. The molecule has 12 heavy (non-hydrogen) atoms. The molecule has 3 N–H and O–H groups in total. The average Bonchev–Trinajstić information content (AvgIpc) is 2.12. The SMILES string of the molecule is C=O.CN.CNC=O.O=S=O.S. The minimum atomic E-state index is -0.750. The van der Waals surface area contributed by atoms with E-state index in [1.54, 1.807) is 7.05 Å². The van der Waals surface area contributed by atoms with Crippen LogP contribution in [0.15, 0.2) is 0 Å². The molecule has 0 aromatic rings. The summed E-state index contributed by atoms with van der Waals surface area (Å²) >= 11 is -0.750. The summed E-state index contributed by atoms with van der Waals surface area (Å²) in [6.45, 7) is 2.00. The van der Waals surface area contributed by atoms with Gasteiger partial charge in [-0.15, -0.1) is 0 Å². The van der Waals surface area contributed by atoms with Crippen LogP contribution in [0.3, 0.4) is 0 Å². The summed E-state index contributed by atoms with van der Waals surface area (Å²) in [5, 5.41) is 2.25. The number of nitrogens with two attached hydrogens (primary N) is 1. The summed E-state index contributed by atoms with van der Waals surface area (Å²) < 4.78 is 16.6. The quantitative estimate of drug-likeness (QED) is 0.505. The van der Waals surface area contributed by atoms with Crippen LogP contribution in [-0.2, 0) is 21.2 Å².